The van der Waals surface area contributed by atoms with E-state index in [0.717, 1.165) is 53.2 Å². The summed E-state index contributed by atoms with van der Waals surface area (Å²) in [5.74, 6) is -1.30. The molecule has 4 rings (SSSR count). The summed E-state index contributed by atoms with van der Waals surface area (Å²) < 4.78 is 16.5. The molecular formula is C27H30N2O8. The molecule has 0 saturated carbocycles. The lowest BCUT2D eigenvalue weighted by Crippen LogP contribution is -2.49. The number of piperazine rings is 1. The van der Waals surface area contributed by atoms with Crippen LogP contribution in [0.4, 0.5) is 0 Å². The Bertz CT molecular complexity index is 1230. The molecule has 1 aliphatic heterocycles. The normalized spacial score (nSPS) is 13.3. The number of ether oxygens (including phenoxy) is 3. The second-order valence-electron chi connectivity index (χ2n) is 8.24. The van der Waals surface area contributed by atoms with Crippen LogP contribution < -0.4 is 14.2 Å². The van der Waals surface area contributed by atoms with Crippen LogP contribution >= 0.6 is 0 Å². The average Bonchev–Trinajstić information content (AvgIpc) is 2.92. The molecule has 1 amide bonds. The molecule has 0 atom stereocenters. The summed E-state index contributed by atoms with van der Waals surface area (Å²) in [5, 5.41) is 17.0. The third kappa shape index (κ3) is 7.84. The molecular weight excluding hydrogens is 480 g/mol. The minimum atomic E-state index is -1.82. The molecule has 196 valence electrons. The van der Waals surface area contributed by atoms with Gasteiger partial charge < -0.3 is 29.3 Å². The van der Waals surface area contributed by atoms with Crippen LogP contribution in [0.25, 0.3) is 10.8 Å². The number of nitrogens with zero attached hydrogens (tertiary/aromatic N) is 2. The molecule has 3 aromatic carbocycles. The molecule has 0 unspecified atom stereocenters. The molecule has 10 heteroatoms. The van der Waals surface area contributed by atoms with Crippen molar-refractivity contribution in [3.63, 3.8) is 0 Å². The van der Waals surface area contributed by atoms with E-state index in [9.17, 15) is 4.79 Å². The van der Waals surface area contributed by atoms with E-state index >= 15 is 0 Å². The van der Waals surface area contributed by atoms with Gasteiger partial charge in [-0.1, -0.05) is 36.4 Å². The Morgan fingerprint density at radius 2 is 1.43 bits per heavy atom. The van der Waals surface area contributed by atoms with Gasteiger partial charge in [-0.2, -0.15) is 0 Å². The molecule has 37 heavy (non-hydrogen) atoms. The number of carbonyl (C=O) groups is 3. The van der Waals surface area contributed by atoms with Crippen LogP contribution in [0.5, 0.6) is 17.2 Å². The third-order valence-electron chi connectivity index (χ3n) is 5.88. The molecule has 1 saturated heterocycles. The van der Waals surface area contributed by atoms with Crippen molar-refractivity contribution in [3.05, 3.63) is 66.2 Å². The highest BCUT2D eigenvalue weighted by Gasteiger charge is 2.22. The van der Waals surface area contributed by atoms with Gasteiger partial charge in [0.05, 0.1) is 14.2 Å². The van der Waals surface area contributed by atoms with Gasteiger partial charge in [0.1, 0.15) is 17.2 Å². The Morgan fingerprint density at radius 3 is 2.05 bits per heavy atom. The van der Waals surface area contributed by atoms with Crippen LogP contribution in [0, 0.1) is 0 Å². The molecule has 0 aromatic heterocycles. The van der Waals surface area contributed by atoms with E-state index in [2.05, 4.69) is 11.0 Å². The van der Waals surface area contributed by atoms with E-state index in [1.165, 1.54) is 0 Å². The smallest absolute Gasteiger partial charge is 0.414 e. The molecule has 0 spiro atoms. The van der Waals surface area contributed by atoms with Crippen molar-refractivity contribution >= 4 is 28.6 Å². The fraction of sp³-hybridized carbons (Fsp3) is 0.296. The van der Waals surface area contributed by atoms with E-state index in [-0.39, 0.29) is 12.5 Å². The molecule has 1 heterocycles. The number of hydrogen-bond acceptors (Lipinski definition) is 7. The highest BCUT2D eigenvalue weighted by atomic mass is 16.5. The Morgan fingerprint density at radius 1 is 0.784 bits per heavy atom. The fourth-order valence-electron chi connectivity index (χ4n) is 3.87. The number of fused-ring (bicyclic) bond motifs is 1. The first-order chi connectivity index (χ1) is 17.8. The molecule has 2 N–H and O–H groups in total. The minimum Gasteiger partial charge on any atom is -0.497 e. The second-order valence-corrected chi connectivity index (χ2v) is 8.24. The van der Waals surface area contributed by atoms with Crippen molar-refractivity contribution in [2.24, 2.45) is 0 Å². The van der Waals surface area contributed by atoms with Gasteiger partial charge in [0.15, 0.2) is 6.61 Å². The molecule has 0 radical (unpaired) electrons. The maximum Gasteiger partial charge on any atom is 0.414 e. The number of rotatable bonds is 7. The molecule has 0 bridgehead atoms. The summed E-state index contributed by atoms with van der Waals surface area (Å²) in [6.07, 6.45) is 0. The van der Waals surface area contributed by atoms with Crippen molar-refractivity contribution in [1.82, 2.24) is 9.80 Å². The van der Waals surface area contributed by atoms with E-state index < -0.39 is 11.9 Å². The standard InChI is InChI=1S/C25H28N2O4.C2H2O4/c1-29-22-9-8-21(24(16-22)30-2)17-26-11-13-27(14-12-26)25(28)18-31-23-10-7-19-5-3-4-6-20(19)15-23;3-1(4)2(5)6/h3-10,15-16H,11-14,17-18H2,1-2H3;(H,3,4)(H,5,6). The van der Waals surface area contributed by atoms with Gasteiger partial charge in [-0.05, 0) is 29.0 Å². The summed E-state index contributed by atoms with van der Waals surface area (Å²) in [4.78, 5) is 35.0. The summed E-state index contributed by atoms with van der Waals surface area (Å²) in [6, 6.07) is 19.9. The Labute approximate surface area is 214 Å². The highest BCUT2D eigenvalue weighted by Crippen LogP contribution is 2.26. The van der Waals surface area contributed by atoms with Gasteiger partial charge in [0, 0.05) is 44.4 Å². The van der Waals surface area contributed by atoms with Crippen LogP contribution in [0.3, 0.4) is 0 Å². The van der Waals surface area contributed by atoms with Gasteiger partial charge in [-0.15, -0.1) is 0 Å². The zero-order valence-corrected chi connectivity index (χ0v) is 20.8. The van der Waals surface area contributed by atoms with Gasteiger partial charge in [0.2, 0.25) is 0 Å². The van der Waals surface area contributed by atoms with Gasteiger partial charge in [-0.3, -0.25) is 9.69 Å². The Hall–Kier alpha value is -4.31. The lowest BCUT2D eigenvalue weighted by molar-refractivity contribution is -0.159. The number of methoxy groups -OCH3 is 2. The first-order valence-corrected chi connectivity index (χ1v) is 11.6. The maximum atomic E-state index is 12.6. The third-order valence-corrected chi connectivity index (χ3v) is 5.88. The fourth-order valence-corrected chi connectivity index (χ4v) is 3.87. The van der Waals surface area contributed by atoms with Gasteiger partial charge in [0.25, 0.3) is 5.91 Å². The Kier molecular flexibility index (Phi) is 9.68. The summed E-state index contributed by atoms with van der Waals surface area (Å²) in [7, 11) is 3.32. The van der Waals surface area contributed by atoms with Crippen molar-refractivity contribution in [3.8, 4) is 17.2 Å². The number of amides is 1. The first kappa shape index (κ1) is 27.3. The van der Waals surface area contributed by atoms with Crippen molar-refractivity contribution in [2.75, 3.05) is 47.0 Å². The highest BCUT2D eigenvalue weighted by molar-refractivity contribution is 6.27. The van der Waals surface area contributed by atoms with Crippen LogP contribution in [0.1, 0.15) is 5.56 Å². The largest absolute Gasteiger partial charge is 0.497 e. The van der Waals surface area contributed by atoms with Gasteiger partial charge >= 0.3 is 11.9 Å². The predicted molar refractivity (Wildman–Crippen MR) is 136 cm³/mol. The number of carboxylic acid groups (broad SMARTS) is 2. The molecule has 10 nitrogen and oxygen atoms in total. The van der Waals surface area contributed by atoms with Crippen LogP contribution in [0.2, 0.25) is 0 Å². The quantitative estimate of drug-likeness (QED) is 0.462. The zero-order chi connectivity index (χ0) is 26.8. The van der Waals surface area contributed by atoms with Crippen LogP contribution in [0.15, 0.2) is 60.7 Å². The van der Waals surface area contributed by atoms with Crippen molar-refractivity contribution in [2.45, 2.75) is 6.54 Å². The van der Waals surface area contributed by atoms with E-state index in [1.54, 1.807) is 14.2 Å². The number of hydrogen-bond donors (Lipinski definition) is 2. The summed E-state index contributed by atoms with van der Waals surface area (Å²) >= 11 is 0. The van der Waals surface area contributed by atoms with E-state index in [4.69, 9.17) is 34.0 Å². The monoisotopic (exact) mass is 510 g/mol. The van der Waals surface area contributed by atoms with E-state index in [0.29, 0.717) is 13.1 Å². The molecule has 1 aliphatic rings. The number of benzene rings is 3. The topological polar surface area (TPSA) is 126 Å². The van der Waals surface area contributed by atoms with Crippen molar-refractivity contribution in [1.29, 1.82) is 0 Å². The number of carbonyl (C=O) groups excluding carboxylic acids is 1. The average molecular weight is 511 g/mol. The SMILES string of the molecule is COc1ccc(CN2CCN(C(=O)COc3ccc4ccccc4c3)CC2)c(OC)c1.O=C(O)C(=O)O. The van der Waals surface area contributed by atoms with Crippen LogP contribution in [-0.2, 0) is 20.9 Å². The predicted octanol–water partition coefficient (Wildman–Crippen LogP) is 2.74. The minimum absolute atomic E-state index is 0.0230. The summed E-state index contributed by atoms with van der Waals surface area (Å²) in [6.45, 7) is 3.86. The molecule has 3 aromatic rings. The van der Waals surface area contributed by atoms with Crippen molar-refractivity contribution < 1.29 is 38.8 Å². The molecule has 0 aliphatic carbocycles. The zero-order valence-electron chi connectivity index (χ0n) is 20.8. The second kappa shape index (κ2) is 13.1. The van der Waals surface area contributed by atoms with E-state index in [1.807, 2.05) is 59.5 Å². The summed E-state index contributed by atoms with van der Waals surface area (Å²) in [5.41, 5.74) is 1.11. The number of aliphatic carboxylic acids is 2. The Balaban J connectivity index is 0.000000568. The van der Waals surface area contributed by atoms with Gasteiger partial charge in [-0.25, -0.2) is 9.59 Å². The lowest BCUT2D eigenvalue weighted by Gasteiger charge is -2.35. The lowest BCUT2D eigenvalue weighted by atomic mass is 10.1. The first-order valence-electron chi connectivity index (χ1n) is 11.6. The molecule has 1 fully saturated rings. The maximum absolute atomic E-state index is 12.6. The number of carboxylic acids is 2. The van der Waals surface area contributed by atoms with Crippen LogP contribution in [-0.4, -0.2) is 84.9 Å².